The number of hydrogen-bond donors (Lipinski definition) is 0. The van der Waals surface area contributed by atoms with Crippen LogP contribution in [0, 0.1) is 10.1 Å². The molecule has 0 fully saturated rings. The quantitative estimate of drug-likeness (QED) is 0.188. The van der Waals surface area contributed by atoms with E-state index in [4.69, 9.17) is 25.8 Å². The minimum Gasteiger partial charge on any atom is -0.493 e. The Hall–Kier alpha value is -4.24. The highest BCUT2D eigenvalue weighted by molar-refractivity contribution is 6.33. The zero-order valence-corrected chi connectivity index (χ0v) is 18.8. The largest absolute Gasteiger partial charge is 0.493 e. The topological polar surface area (TPSA) is 122 Å². The Morgan fingerprint density at radius 2 is 1.53 bits per heavy atom. The van der Waals surface area contributed by atoms with Crippen molar-refractivity contribution in [3.63, 3.8) is 0 Å². The number of hydrogen-bond acceptors (Lipinski definition) is 8. The Labute approximate surface area is 199 Å². The van der Waals surface area contributed by atoms with Crippen LogP contribution in [0.15, 0.2) is 60.7 Å². The number of carbonyl (C=O) groups is 3. The minimum absolute atomic E-state index is 0.0299. The number of ketones is 2. The molecule has 0 radical (unpaired) electrons. The molecular weight excluding hydrogens is 466 g/mol. The zero-order chi connectivity index (χ0) is 24.8. The van der Waals surface area contributed by atoms with E-state index in [1.165, 1.54) is 62.8 Å². The van der Waals surface area contributed by atoms with E-state index in [9.17, 15) is 24.5 Å². The molecule has 0 atom stereocenters. The number of nitrogens with zero attached hydrogens (tertiary/aromatic N) is 1. The van der Waals surface area contributed by atoms with Gasteiger partial charge in [-0.15, -0.1) is 0 Å². The van der Waals surface area contributed by atoms with E-state index in [1.807, 2.05) is 0 Å². The Bertz CT molecular complexity index is 1290. The summed E-state index contributed by atoms with van der Waals surface area (Å²) in [5.41, 5.74) is -0.359. The zero-order valence-electron chi connectivity index (χ0n) is 18.1. The second-order valence-corrected chi connectivity index (χ2v) is 7.27. The van der Waals surface area contributed by atoms with Crippen molar-refractivity contribution in [3.8, 4) is 11.5 Å². The van der Waals surface area contributed by atoms with Gasteiger partial charge in [-0.3, -0.25) is 19.7 Å². The van der Waals surface area contributed by atoms with Gasteiger partial charge < -0.3 is 14.2 Å². The predicted molar refractivity (Wildman–Crippen MR) is 122 cm³/mol. The second kappa shape index (κ2) is 10.6. The standard InChI is InChI=1S/C24H18ClNO8/c1-32-21-10-8-14(12-22(21)33-2)20(27)13-34-24(29)17-6-4-3-5-16(17)23(28)15-7-9-18(25)19(11-15)26(30)31/h3-12H,13H2,1-2H3. The van der Waals surface area contributed by atoms with Crippen molar-refractivity contribution in [2.75, 3.05) is 20.8 Å². The number of ether oxygens (including phenoxy) is 3. The van der Waals surface area contributed by atoms with E-state index >= 15 is 0 Å². The van der Waals surface area contributed by atoms with Gasteiger partial charge in [-0.1, -0.05) is 29.8 Å². The maximum absolute atomic E-state index is 13.0. The molecule has 3 aromatic rings. The first-order valence-corrected chi connectivity index (χ1v) is 10.1. The van der Waals surface area contributed by atoms with Crippen molar-refractivity contribution in [1.82, 2.24) is 0 Å². The number of carbonyl (C=O) groups excluding carboxylic acids is 3. The average molecular weight is 484 g/mol. The molecule has 174 valence electrons. The lowest BCUT2D eigenvalue weighted by molar-refractivity contribution is -0.384. The molecule has 0 aromatic heterocycles. The lowest BCUT2D eigenvalue weighted by atomic mass is 9.98. The van der Waals surface area contributed by atoms with Crippen LogP contribution >= 0.6 is 11.6 Å². The lowest BCUT2D eigenvalue weighted by Crippen LogP contribution is -2.17. The van der Waals surface area contributed by atoms with E-state index in [2.05, 4.69) is 0 Å². The van der Waals surface area contributed by atoms with E-state index in [-0.39, 0.29) is 27.3 Å². The van der Waals surface area contributed by atoms with Gasteiger partial charge in [0.1, 0.15) is 5.02 Å². The number of nitro groups is 1. The molecule has 0 saturated heterocycles. The Balaban J connectivity index is 1.80. The summed E-state index contributed by atoms with van der Waals surface area (Å²) in [4.78, 5) is 48.6. The van der Waals surface area contributed by atoms with Crippen LogP contribution in [-0.4, -0.2) is 43.3 Å². The van der Waals surface area contributed by atoms with Gasteiger partial charge in [-0.2, -0.15) is 0 Å². The number of nitro benzene ring substituents is 1. The monoisotopic (exact) mass is 483 g/mol. The van der Waals surface area contributed by atoms with Crippen molar-refractivity contribution in [2.24, 2.45) is 0 Å². The molecule has 0 aliphatic carbocycles. The first kappa shape index (κ1) is 24.4. The molecule has 0 unspecified atom stereocenters. The van der Waals surface area contributed by atoms with Gasteiger partial charge in [-0.25, -0.2) is 4.79 Å². The first-order chi connectivity index (χ1) is 16.3. The summed E-state index contributed by atoms with van der Waals surface area (Å²) in [6, 6.07) is 13.9. The third-order valence-electron chi connectivity index (χ3n) is 4.84. The van der Waals surface area contributed by atoms with Crippen LogP contribution in [-0.2, 0) is 4.74 Å². The number of methoxy groups -OCH3 is 2. The number of halogens is 1. The van der Waals surface area contributed by atoms with Gasteiger partial charge in [0.2, 0.25) is 0 Å². The Morgan fingerprint density at radius 1 is 0.882 bits per heavy atom. The molecule has 9 nitrogen and oxygen atoms in total. The molecule has 0 heterocycles. The smallest absolute Gasteiger partial charge is 0.339 e. The normalized spacial score (nSPS) is 10.3. The lowest BCUT2D eigenvalue weighted by Gasteiger charge is -2.11. The van der Waals surface area contributed by atoms with Crippen LogP contribution < -0.4 is 9.47 Å². The summed E-state index contributed by atoms with van der Waals surface area (Å²) in [6.07, 6.45) is 0. The van der Waals surface area contributed by atoms with Gasteiger partial charge >= 0.3 is 5.97 Å². The molecule has 0 aliphatic rings. The maximum atomic E-state index is 13.0. The summed E-state index contributed by atoms with van der Waals surface area (Å²) < 4.78 is 15.4. The Kier molecular flexibility index (Phi) is 7.60. The predicted octanol–water partition coefficient (Wildman–Crippen LogP) is 4.54. The fraction of sp³-hybridized carbons (Fsp3) is 0.125. The minimum atomic E-state index is -0.902. The third-order valence-corrected chi connectivity index (χ3v) is 5.16. The van der Waals surface area contributed by atoms with Gasteiger partial charge in [-0.05, 0) is 36.4 Å². The first-order valence-electron chi connectivity index (χ1n) is 9.76. The molecule has 0 saturated carbocycles. The highest BCUT2D eigenvalue weighted by Crippen LogP contribution is 2.28. The van der Waals surface area contributed by atoms with E-state index in [1.54, 1.807) is 6.07 Å². The summed E-state index contributed by atoms with van der Waals surface area (Å²) in [5, 5.41) is 11.0. The highest BCUT2D eigenvalue weighted by atomic mass is 35.5. The van der Waals surface area contributed by atoms with Crippen molar-refractivity contribution < 1.29 is 33.5 Å². The van der Waals surface area contributed by atoms with E-state index < -0.39 is 34.8 Å². The third kappa shape index (κ3) is 5.21. The molecule has 0 bridgehead atoms. The molecular formula is C24H18ClNO8. The Morgan fingerprint density at radius 3 is 2.18 bits per heavy atom. The van der Waals surface area contributed by atoms with Crippen molar-refractivity contribution in [1.29, 1.82) is 0 Å². The van der Waals surface area contributed by atoms with E-state index in [0.717, 1.165) is 6.07 Å². The summed E-state index contributed by atoms with van der Waals surface area (Å²) in [5.74, 6) is -1.26. The summed E-state index contributed by atoms with van der Waals surface area (Å²) in [7, 11) is 2.89. The van der Waals surface area contributed by atoms with Gasteiger partial charge in [0.05, 0.1) is 24.7 Å². The number of benzene rings is 3. The van der Waals surface area contributed by atoms with Crippen LogP contribution in [0.4, 0.5) is 5.69 Å². The van der Waals surface area contributed by atoms with Crippen LogP contribution in [0.5, 0.6) is 11.5 Å². The second-order valence-electron chi connectivity index (χ2n) is 6.87. The number of Topliss-reactive ketones (excluding diaryl/α,β-unsaturated/α-hetero) is 1. The molecule has 10 heteroatoms. The fourth-order valence-electron chi connectivity index (χ4n) is 3.11. The van der Waals surface area contributed by atoms with Gasteiger partial charge in [0, 0.05) is 22.8 Å². The fourth-order valence-corrected chi connectivity index (χ4v) is 3.30. The molecule has 34 heavy (non-hydrogen) atoms. The van der Waals surface area contributed by atoms with Crippen LogP contribution in [0.25, 0.3) is 0 Å². The van der Waals surface area contributed by atoms with Gasteiger partial charge in [0.15, 0.2) is 29.7 Å². The van der Waals surface area contributed by atoms with E-state index in [0.29, 0.717) is 11.5 Å². The molecule has 0 N–H and O–H groups in total. The SMILES string of the molecule is COc1ccc(C(=O)COC(=O)c2ccccc2C(=O)c2ccc(Cl)c([N+](=O)[O-])c2)cc1OC. The average Bonchev–Trinajstić information content (AvgIpc) is 2.86. The van der Waals surface area contributed by atoms with Crippen LogP contribution in [0.3, 0.4) is 0 Å². The van der Waals surface area contributed by atoms with Crippen molar-refractivity contribution >= 4 is 34.8 Å². The molecule has 3 aromatic carbocycles. The molecule has 3 rings (SSSR count). The number of esters is 1. The summed E-state index contributed by atoms with van der Waals surface area (Å²) in [6.45, 7) is -0.580. The van der Waals surface area contributed by atoms with Crippen LogP contribution in [0.1, 0.15) is 36.6 Å². The molecule has 0 spiro atoms. The van der Waals surface area contributed by atoms with Crippen molar-refractivity contribution in [3.05, 3.63) is 98.1 Å². The highest BCUT2D eigenvalue weighted by Gasteiger charge is 2.23. The molecule has 0 aliphatic heterocycles. The van der Waals surface area contributed by atoms with Crippen molar-refractivity contribution in [2.45, 2.75) is 0 Å². The van der Waals surface area contributed by atoms with Crippen LogP contribution in [0.2, 0.25) is 5.02 Å². The maximum Gasteiger partial charge on any atom is 0.339 e. The van der Waals surface area contributed by atoms with Gasteiger partial charge in [0.25, 0.3) is 5.69 Å². The molecule has 0 amide bonds. The number of rotatable bonds is 9. The summed E-state index contributed by atoms with van der Waals surface area (Å²) >= 11 is 5.81.